The topological polar surface area (TPSA) is 114 Å². The van der Waals surface area contributed by atoms with Gasteiger partial charge in [0.2, 0.25) is 5.91 Å². The van der Waals surface area contributed by atoms with E-state index < -0.39 is 21.8 Å². The molecule has 8 nitrogen and oxygen atoms in total. The molecule has 1 unspecified atom stereocenters. The number of nitrogens with one attached hydrogen (secondary N) is 1. The Balaban J connectivity index is 1.94. The van der Waals surface area contributed by atoms with Crippen LogP contribution in [0.1, 0.15) is 40.3 Å². The zero-order chi connectivity index (χ0) is 21.3. The lowest BCUT2D eigenvalue weighted by Gasteiger charge is -2.19. The summed E-state index contributed by atoms with van der Waals surface area (Å²) in [6, 6.07) is 6.22. The summed E-state index contributed by atoms with van der Waals surface area (Å²) in [6.07, 6.45) is 0.362. The highest BCUT2D eigenvalue weighted by molar-refractivity contribution is 7.91. The fraction of sp³-hybridized carbons (Fsp3) is 0.368. The standard InChI is InChI=1S/C19H21N3O5S2/c1-11(23)16-6-7-17(28-16)15-5-4-14(18(21-15)22(3)12(2)24)19(25)20-13-8-9-29(26,27)10-13/h4-7,13H,8-10H2,1-3H3,(H,20,25). The zero-order valence-corrected chi connectivity index (χ0v) is 17.9. The smallest absolute Gasteiger partial charge is 0.255 e. The van der Waals surface area contributed by atoms with E-state index in [1.54, 1.807) is 24.3 Å². The molecule has 0 radical (unpaired) electrons. The molecule has 1 aliphatic rings. The molecule has 3 rings (SSSR count). The van der Waals surface area contributed by atoms with Crippen LogP contribution in [0.2, 0.25) is 0 Å². The van der Waals surface area contributed by atoms with E-state index in [1.807, 2.05) is 0 Å². The predicted octanol–water partition coefficient (Wildman–Crippen LogP) is 1.91. The summed E-state index contributed by atoms with van der Waals surface area (Å²) < 4.78 is 23.3. The van der Waals surface area contributed by atoms with Gasteiger partial charge in [-0.1, -0.05) is 0 Å². The Morgan fingerprint density at radius 1 is 1.17 bits per heavy atom. The largest absolute Gasteiger partial charge is 0.348 e. The number of hydrogen-bond acceptors (Lipinski definition) is 7. The number of carbonyl (C=O) groups is 3. The molecule has 2 amide bonds. The molecule has 1 aliphatic heterocycles. The molecule has 3 heterocycles. The van der Waals surface area contributed by atoms with E-state index in [1.165, 1.54) is 37.1 Å². The van der Waals surface area contributed by atoms with Gasteiger partial charge in [-0.2, -0.15) is 0 Å². The highest BCUT2D eigenvalue weighted by atomic mass is 32.2. The van der Waals surface area contributed by atoms with E-state index in [9.17, 15) is 22.8 Å². The second kappa shape index (κ2) is 8.03. The van der Waals surface area contributed by atoms with E-state index >= 15 is 0 Å². The van der Waals surface area contributed by atoms with Crippen LogP contribution in [-0.4, -0.2) is 55.6 Å². The Hall–Kier alpha value is -2.59. The molecule has 0 bridgehead atoms. The van der Waals surface area contributed by atoms with Gasteiger partial charge >= 0.3 is 0 Å². The molecule has 29 heavy (non-hydrogen) atoms. The Labute approximate surface area is 172 Å². The van der Waals surface area contributed by atoms with Crippen LogP contribution in [0.3, 0.4) is 0 Å². The lowest BCUT2D eigenvalue weighted by atomic mass is 10.1. The number of ketones is 1. The number of pyridine rings is 1. The summed E-state index contributed by atoms with van der Waals surface area (Å²) in [6.45, 7) is 2.84. The van der Waals surface area contributed by atoms with Gasteiger partial charge in [-0.25, -0.2) is 13.4 Å². The molecule has 10 heteroatoms. The Bertz CT molecular complexity index is 1090. The number of rotatable bonds is 5. The second-order valence-corrected chi connectivity index (χ2v) is 10.3. The van der Waals surface area contributed by atoms with Crippen LogP contribution >= 0.6 is 11.3 Å². The first kappa shape index (κ1) is 21.1. The lowest BCUT2D eigenvalue weighted by Crippen LogP contribution is -2.37. The maximum atomic E-state index is 12.8. The summed E-state index contributed by atoms with van der Waals surface area (Å²) in [5, 5.41) is 2.73. The Morgan fingerprint density at radius 3 is 2.45 bits per heavy atom. The zero-order valence-electron chi connectivity index (χ0n) is 16.3. The number of Topliss-reactive ketones (excluding diaryl/α,β-unsaturated/α-hetero) is 1. The van der Waals surface area contributed by atoms with Crippen LogP contribution < -0.4 is 10.2 Å². The third kappa shape index (κ3) is 4.70. The quantitative estimate of drug-likeness (QED) is 0.718. The van der Waals surface area contributed by atoms with Crippen LogP contribution in [0.25, 0.3) is 10.6 Å². The molecule has 0 aliphatic carbocycles. The number of hydrogen-bond donors (Lipinski definition) is 1. The molecule has 154 valence electrons. The minimum absolute atomic E-state index is 0.0478. The third-order valence-electron chi connectivity index (χ3n) is 4.68. The number of sulfone groups is 1. The highest BCUT2D eigenvalue weighted by Crippen LogP contribution is 2.30. The molecular formula is C19H21N3O5S2. The number of thiophene rings is 1. The van der Waals surface area contributed by atoms with Gasteiger partial charge < -0.3 is 5.32 Å². The van der Waals surface area contributed by atoms with Crippen molar-refractivity contribution in [3.05, 3.63) is 34.7 Å². The van der Waals surface area contributed by atoms with Crippen molar-refractivity contribution in [1.82, 2.24) is 10.3 Å². The fourth-order valence-corrected chi connectivity index (χ4v) is 5.55. The SMILES string of the molecule is CC(=O)c1ccc(-c2ccc(C(=O)NC3CCS(=O)(=O)C3)c(N(C)C(C)=O)n2)s1. The van der Waals surface area contributed by atoms with Crippen molar-refractivity contribution < 1.29 is 22.8 Å². The van der Waals surface area contributed by atoms with Crippen molar-refractivity contribution in [2.75, 3.05) is 23.5 Å². The van der Waals surface area contributed by atoms with Gasteiger partial charge in [0.05, 0.1) is 32.5 Å². The van der Waals surface area contributed by atoms with Gasteiger partial charge in [0.1, 0.15) is 5.82 Å². The van der Waals surface area contributed by atoms with Crippen LogP contribution in [0.4, 0.5) is 5.82 Å². The van der Waals surface area contributed by atoms with Gasteiger partial charge in [0.15, 0.2) is 15.6 Å². The van der Waals surface area contributed by atoms with E-state index in [-0.39, 0.29) is 34.6 Å². The first-order chi connectivity index (χ1) is 13.6. The van der Waals surface area contributed by atoms with Crippen LogP contribution in [0.5, 0.6) is 0 Å². The van der Waals surface area contributed by atoms with E-state index in [4.69, 9.17) is 0 Å². The lowest BCUT2D eigenvalue weighted by molar-refractivity contribution is -0.116. The Morgan fingerprint density at radius 2 is 1.90 bits per heavy atom. The summed E-state index contributed by atoms with van der Waals surface area (Å²) in [5.74, 6) is -0.708. The number of carbonyl (C=O) groups excluding carboxylic acids is 3. The van der Waals surface area contributed by atoms with Crippen molar-refractivity contribution in [2.24, 2.45) is 0 Å². The third-order valence-corrected chi connectivity index (χ3v) is 7.66. The Kier molecular flexibility index (Phi) is 5.85. The fourth-order valence-electron chi connectivity index (χ4n) is 3.00. The maximum absolute atomic E-state index is 12.8. The average molecular weight is 436 g/mol. The van der Waals surface area contributed by atoms with E-state index in [2.05, 4.69) is 10.3 Å². The van der Waals surface area contributed by atoms with Crippen molar-refractivity contribution in [2.45, 2.75) is 26.3 Å². The molecule has 2 aromatic heterocycles. The molecule has 0 saturated carbocycles. The second-order valence-electron chi connectivity index (χ2n) is 6.94. The summed E-state index contributed by atoms with van der Waals surface area (Å²) in [5.41, 5.74) is 0.713. The molecule has 1 saturated heterocycles. The predicted molar refractivity (Wildman–Crippen MR) is 111 cm³/mol. The normalized spacial score (nSPS) is 17.7. The number of anilines is 1. The molecule has 1 fully saturated rings. The minimum Gasteiger partial charge on any atom is -0.348 e. The molecule has 0 spiro atoms. The van der Waals surface area contributed by atoms with E-state index in [0.29, 0.717) is 17.0 Å². The molecule has 2 aromatic rings. The minimum atomic E-state index is -3.13. The maximum Gasteiger partial charge on any atom is 0.255 e. The van der Waals surface area contributed by atoms with E-state index in [0.717, 1.165) is 4.88 Å². The summed E-state index contributed by atoms with van der Waals surface area (Å²) in [7, 11) is -1.62. The van der Waals surface area contributed by atoms with Crippen molar-refractivity contribution in [3.63, 3.8) is 0 Å². The molecule has 1 atom stereocenters. The van der Waals surface area contributed by atoms with Crippen molar-refractivity contribution in [1.29, 1.82) is 0 Å². The van der Waals surface area contributed by atoms with Gasteiger partial charge in [0, 0.05) is 20.0 Å². The van der Waals surface area contributed by atoms with Gasteiger partial charge in [-0.15, -0.1) is 11.3 Å². The number of amides is 2. The van der Waals surface area contributed by atoms with Gasteiger partial charge in [-0.3, -0.25) is 19.3 Å². The molecular weight excluding hydrogens is 414 g/mol. The van der Waals surface area contributed by atoms with Crippen LogP contribution in [-0.2, 0) is 14.6 Å². The van der Waals surface area contributed by atoms with Crippen LogP contribution in [0, 0.1) is 0 Å². The molecule has 0 aromatic carbocycles. The monoisotopic (exact) mass is 435 g/mol. The molecule has 1 N–H and O–H groups in total. The van der Waals surface area contributed by atoms with Crippen LogP contribution in [0.15, 0.2) is 24.3 Å². The summed E-state index contributed by atoms with van der Waals surface area (Å²) >= 11 is 1.28. The highest BCUT2D eigenvalue weighted by Gasteiger charge is 2.30. The summed E-state index contributed by atoms with van der Waals surface area (Å²) in [4.78, 5) is 43.3. The van der Waals surface area contributed by atoms with Gasteiger partial charge in [-0.05, 0) is 37.6 Å². The van der Waals surface area contributed by atoms with Gasteiger partial charge in [0.25, 0.3) is 5.91 Å². The number of aromatic nitrogens is 1. The van der Waals surface area contributed by atoms with Crippen molar-refractivity contribution in [3.8, 4) is 10.6 Å². The first-order valence-electron chi connectivity index (χ1n) is 8.95. The number of nitrogens with zero attached hydrogens (tertiary/aromatic N) is 2. The first-order valence-corrected chi connectivity index (χ1v) is 11.6. The van der Waals surface area contributed by atoms with Crippen molar-refractivity contribution >= 4 is 44.6 Å². The average Bonchev–Trinajstić information content (AvgIpc) is 3.27.